The Bertz CT molecular complexity index is 815. The topological polar surface area (TPSA) is 148 Å². The summed E-state index contributed by atoms with van der Waals surface area (Å²) >= 11 is 0.131. The number of amides is 4. The van der Waals surface area contributed by atoms with Crippen molar-refractivity contribution in [1.82, 2.24) is 15.5 Å². The van der Waals surface area contributed by atoms with E-state index in [-0.39, 0.29) is 50.4 Å². The molecule has 0 unspecified atom stereocenters. The second kappa shape index (κ2) is 8.86. The number of carbonyl (C=O) groups is 4. The number of hydrogen-bond acceptors (Lipinski definition) is 5. The van der Waals surface area contributed by atoms with E-state index in [0.29, 0.717) is 41.5 Å². The van der Waals surface area contributed by atoms with Gasteiger partial charge in [-0.25, -0.2) is 0 Å². The van der Waals surface area contributed by atoms with E-state index in [1.165, 1.54) is 19.3 Å². The number of nitrogens with one attached hydrogen (secondary N) is 2. The molecule has 6 N–H and O–H groups in total. The summed E-state index contributed by atoms with van der Waals surface area (Å²) in [7, 11) is 0. The summed E-state index contributed by atoms with van der Waals surface area (Å²) in [4.78, 5) is 52.3. The zero-order chi connectivity index (χ0) is 23.3. The Morgan fingerprint density at radius 3 is 2.33 bits per heavy atom. The van der Waals surface area contributed by atoms with Crippen LogP contribution >= 0.6 is 0 Å². The third-order valence-electron chi connectivity index (χ3n) is 8.82. The van der Waals surface area contributed by atoms with Gasteiger partial charge in [0.15, 0.2) is 0 Å². The number of primary amides is 1. The van der Waals surface area contributed by atoms with E-state index in [9.17, 15) is 19.2 Å². The van der Waals surface area contributed by atoms with E-state index in [1.54, 1.807) is 4.90 Å². The Morgan fingerprint density at radius 2 is 1.79 bits per heavy atom. The third kappa shape index (κ3) is 4.30. The SMILES string of the molecule is NC(=O)[C@H](C[C@@H]1CCNC1=O)NC(=O)[C@@H]1C[Se]CN1C(=O)[C@@H](N)C12CC3CC(CC(C3)C1)C2. The number of nitrogens with two attached hydrogens (primary N) is 2. The molecule has 4 amide bonds. The van der Waals surface area contributed by atoms with Gasteiger partial charge in [-0.15, -0.1) is 0 Å². The Kier molecular flexibility index (Phi) is 6.20. The minimum atomic E-state index is -0.923. The van der Waals surface area contributed by atoms with Crippen LogP contribution in [-0.2, 0) is 19.2 Å². The quantitative estimate of drug-likeness (QED) is 0.326. The van der Waals surface area contributed by atoms with Crippen molar-refractivity contribution < 1.29 is 19.2 Å². The average Bonchev–Trinajstić information content (AvgIpc) is 3.40. The number of carbonyl (C=O) groups excluding carboxylic acids is 4. The van der Waals surface area contributed by atoms with E-state index >= 15 is 0 Å². The molecule has 4 saturated carbocycles. The second-order valence-electron chi connectivity index (χ2n) is 11.1. The molecule has 2 saturated heterocycles. The molecule has 2 aliphatic heterocycles. The van der Waals surface area contributed by atoms with Crippen LogP contribution in [0.25, 0.3) is 0 Å². The van der Waals surface area contributed by atoms with Gasteiger partial charge < -0.3 is 0 Å². The van der Waals surface area contributed by atoms with Crippen LogP contribution in [0, 0.1) is 29.1 Å². The molecule has 6 fully saturated rings. The van der Waals surface area contributed by atoms with E-state index in [4.69, 9.17) is 11.5 Å². The van der Waals surface area contributed by atoms with Crippen LogP contribution in [0.15, 0.2) is 0 Å². The first kappa shape index (κ1) is 23.1. The number of rotatable bonds is 7. The summed E-state index contributed by atoms with van der Waals surface area (Å²) in [6.45, 7) is 0.568. The van der Waals surface area contributed by atoms with Gasteiger partial charge in [0, 0.05) is 0 Å². The van der Waals surface area contributed by atoms with Crippen LogP contribution in [0.5, 0.6) is 0 Å². The summed E-state index contributed by atoms with van der Waals surface area (Å²) in [5, 5.41) is 6.09. The third-order valence-corrected chi connectivity index (χ3v) is 10.9. The molecule has 6 aliphatic rings. The fourth-order valence-corrected chi connectivity index (χ4v) is 9.99. The average molecular weight is 525 g/mol. The van der Waals surface area contributed by atoms with Crippen molar-refractivity contribution in [3.63, 3.8) is 0 Å². The van der Waals surface area contributed by atoms with E-state index in [2.05, 4.69) is 10.6 Å². The van der Waals surface area contributed by atoms with Crippen LogP contribution in [0.4, 0.5) is 0 Å². The number of nitrogens with zero attached hydrogens (tertiary/aromatic N) is 1. The first-order chi connectivity index (χ1) is 15.8. The van der Waals surface area contributed by atoms with Crippen LogP contribution in [0.1, 0.15) is 51.4 Å². The standard InChI is InChI=1S/C23H35N5O4Se/c24-18(23-7-12-3-13(8-23)5-14(4-12)9-23)22(32)28-11-33-10-17(28)21(31)27-16(19(25)29)6-15-1-2-26-20(15)30/h12-18H,1-11,24H2,(H2,25,29)(H,26,30)(H,27,31)/t12?,13?,14?,15-,16-,17-,18+,23?/m0/s1. The van der Waals surface area contributed by atoms with Crippen LogP contribution in [-0.4, -0.2) is 73.6 Å². The molecule has 9 nitrogen and oxygen atoms in total. The molecule has 0 spiro atoms. The van der Waals surface area contributed by atoms with Crippen molar-refractivity contribution in [2.45, 2.75) is 74.8 Å². The Labute approximate surface area is 200 Å². The van der Waals surface area contributed by atoms with E-state index in [0.717, 1.165) is 19.3 Å². The first-order valence-electron chi connectivity index (χ1n) is 12.3. The predicted octanol–water partition coefficient (Wildman–Crippen LogP) is -0.683. The molecular weight excluding hydrogens is 489 g/mol. The van der Waals surface area contributed by atoms with Crippen molar-refractivity contribution in [3.05, 3.63) is 0 Å². The minimum absolute atomic E-state index is 0.109. The molecule has 0 aromatic heterocycles. The van der Waals surface area contributed by atoms with Crippen molar-refractivity contribution >= 4 is 38.6 Å². The van der Waals surface area contributed by atoms with Crippen LogP contribution < -0.4 is 22.1 Å². The summed E-state index contributed by atoms with van der Waals surface area (Å²) in [5.41, 5.74) is 12.7. The maximum atomic E-state index is 13.6. The van der Waals surface area contributed by atoms with Gasteiger partial charge in [-0.2, -0.15) is 0 Å². The zero-order valence-electron chi connectivity index (χ0n) is 19.0. The molecule has 2 heterocycles. The molecule has 4 aliphatic carbocycles. The monoisotopic (exact) mass is 525 g/mol. The van der Waals surface area contributed by atoms with Crippen molar-refractivity contribution in [3.8, 4) is 0 Å². The van der Waals surface area contributed by atoms with Crippen LogP contribution in [0.2, 0.25) is 5.32 Å². The van der Waals surface area contributed by atoms with E-state index in [1.807, 2.05) is 0 Å². The first-order valence-corrected chi connectivity index (χ1v) is 14.7. The van der Waals surface area contributed by atoms with Gasteiger partial charge in [-0.1, -0.05) is 0 Å². The molecule has 10 heteroatoms. The van der Waals surface area contributed by atoms with Gasteiger partial charge in [0.25, 0.3) is 0 Å². The van der Waals surface area contributed by atoms with Gasteiger partial charge in [-0.05, 0) is 0 Å². The van der Waals surface area contributed by atoms with Gasteiger partial charge in [-0.3, -0.25) is 0 Å². The Morgan fingerprint density at radius 1 is 1.15 bits per heavy atom. The molecule has 4 atom stereocenters. The Hall–Kier alpha value is -1.64. The molecular formula is C23H35N5O4Se. The van der Waals surface area contributed by atoms with Gasteiger partial charge in [0.05, 0.1) is 0 Å². The molecule has 0 aromatic rings. The molecule has 182 valence electrons. The van der Waals surface area contributed by atoms with Gasteiger partial charge in [0.2, 0.25) is 0 Å². The fraction of sp³-hybridized carbons (Fsp3) is 0.826. The normalized spacial score (nSPS) is 38.8. The van der Waals surface area contributed by atoms with Gasteiger partial charge >= 0.3 is 201 Å². The van der Waals surface area contributed by atoms with Crippen molar-refractivity contribution in [2.75, 3.05) is 12.0 Å². The second-order valence-corrected chi connectivity index (χ2v) is 13.2. The summed E-state index contributed by atoms with van der Waals surface area (Å²) in [6, 6.07) is -2.10. The Balaban J connectivity index is 1.25. The van der Waals surface area contributed by atoms with E-state index < -0.39 is 24.0 Å². The molecule has 6 rings (SSSR count). The fourth-order valence-electron chi connectivity index (χ4n) is 7.54. The molecule has 33 heavy (non-hydrogen) atoms. The summed E-state index contributed by atoms with van der Waals surface area (Å²) in [6.07, 6.45) is 7.77. The molecule has 4 bridgehead atoms. The van der Waals surface area contributed by atoms with Crippen molar-refractivity contribution in [1.29, 1.82) is 0 Å². The molecule has 0 radical (unpaired) electrons. The van der Waals surface area contributed by atoms with Gasteiger partial charge in [0.1, 0.15) is 0 Å². The zero-order valence-corrected chi connectivity index (χ0v) is 20.7. The molecule has 0 aromatic carbocycles. The maximum absolute atomic E-state index is 13.6. The van der Waals surface area contributed by atoms with Crippen molar-refractivity contribution in [2.24, 2.45) is 40.6 Å². The predicted molar refractivity (Wildman–Crippen MR) is 122 cm³/mol. The summed E-state index contributed by atoms with van der Waals surface area (Å²) < 4.78 is 0. The van der Waals surface area contributed by atoms with Crippen LogP contribution in [0.3, 0.4) is 0 Å². The number of hydrogen-bond donors (Lipinski definition) is 4. The summed E-state index contributed by atoms with van der Waals surface area (Å²) in [5.74, 6) is 0.513.